The molecule has 1 amide bonds. The van der Waals surface area contributed by atoms with E-state index < -0.39 is 5.60 Å². The molecular weight excluding hydrogens is 570 g/mol. The number of rotatable bonds is 31. The quantitative estimate of drug-likeness (QED) is 0.0818. The van der Waals surface area contributed by atoms with Crippen LogP contribution in [0.25, 0.3) is 0 Å². The van der Waals surface area contributed by atoms with Crippen LogP contribution >= 0.6 is 0 Å². The second-order valence-electron chi connectivity index (χ2n) is 9.97. The molecule has 0 aromatic carbocycles. The van der Waals surface area contributed by atoms with Gasteiger partial charge >= 0.3 is 12.1 Å². The predicted molar refractivity (Wildman–Crippen MR) is 157 cm³/mol. The van der Waals surface area contributed by atoms with Crippen molar-refractivity contribution in [3.8, 4) is 0 Å². The van der Waals surface area contributed by atoms with Gasteiger partial charge in [-0.05, 0) is 27.7 Å². The first kappa shape index (κ1) is 41.4. The van der Waals surface area contributed by atoms with E-state index in [1.165, 1.54) is 4.90 Å². The van der Waals surface area contributed by atoms with Crippen molar-refractivity contribution in [3.63, 3.8) is 0 Å². The summed E-state index contributed by atoms with van der Waals surface area (Å²) in [7, 11) is 1.68. The molecule has 0 spiro atoms. The Bertz CT molecular complexity index is 634. The normalized spacial score (nSPS) is 11.6. The van der Waals surface area contributed by atoms with Crippen LogP contribution in [0.5, 0.6) is 0 Å². The third kappa shape index (κ3) is 33.1. The molecule has 0 fully saturated rings. The summed E-state index contributed by atoms with van der Waals surface area (Å²) in [6.07, 6.45) is -0.114. The van der Waals surface area contributed by atoms with Gasteiger partial charge in [0.2, 0.25) is 0 Å². The number of likely N-dealkylation sites (N-methyl/N-ethyl adjacent to an activating group) is 1. The van der Waals surface area contributed by atoms with Crippen molar-refractivity contribution >= 4 is 12.1 Å². The Morgan fingerprint density at radius 3 is 1.12 bits per heavy atom. The Morgan fingerprint density at radius 2 is 0.814 bits per heavy atom. The fourth-order valence-electron chi connectivity index (χ4n) is 2.88. The highest BCUT2D eigenvalue weighted by atomic mass is 16.6. The third-order valence-corrected chi connectivity index (χ3v) is 5.01. The van der Waals surface area contributed by atoms with E-state index in [1.807, 2.05) is 20.8 Å². The van der Waals surface area contributed by atoms with Gasteiger partial charge in [-0.15, -0.1) is 0 Å². The van der Waals surface area contributed by atoms with Crippen LogP contribution < -0.4 is 0 Å². The summed E-state index contributed by atoms with van der Waals surface area (Å²) >= 11 is 0. The lowest BCUT2D eigenvalue weighted by molar-refractivity contribution is -0.144. The lowest BCUT2D eigenvalue weighted by Gasteiger charge is -2.24. The molecule has 14 nitrogen and oxygen atoms in total. The molecule has 0 heterocycles. The van der Waals surface area contributed by atoms with Gasteiger partial charge in [-0.2, -0.15) is 0 Å². The van der Waals surface area contributed by atoms with Crippen LogP contribution in [0.4, 0.5) is 4.79 Å². The van der Waals surface area contributed by atoms with Gasteiger partial charge in [0, 0.05) is 13.6 Å². The average Bonchev–Trinajstić information content (AvgIpc) is 2.95. The minimum absolute atomic E-state index is 0.253. The zero-order chi connectivity index (χ0) is 31.9. The molecule has 43 heavy (non-hydrogen) atoms. The molecule has 14 heteroatoms. The Labute approximate surface area is 257 Å². The first-order valence-electron chi connectivity index (χ1n) is 15.1. The van der Waals surface area contributed by atoms with Crippen molar-refractivity contribution < 1.29 is 61.7 Å². The summed E-state index contributed by atoms with van der Waals surface area (Å²) in [4.78, 5) is 24.5. The average molecular weight is 628 g/mol. The van der Waals surface area contributed by atoms with Gasteiger partial charge in [0.25, 0.3) is 0 Å². The minimum Gasteiger partial charge on any atom is -0.466 e. The van der Waals surface area contributed by atoms with Crippen LogP contribution in [0.3, 0.4) is 0 Å². The standard InChI is InChI=1S/C29H57NO13/c1-6-42-27(31)7-9-33-11-13-35-15-17-37-19-21-39-23-25-41-26-24-40-22-20-38-18-16-36-14-12-34-10-8-30(5)28(32)43-29(2,3)4/h6-26H2,1-5H3. The highest BCUT2D eigenvalue weighted by Gasteiger charge is 2.19. The van der Waals surface area contributed by atoms with Crippen LogP contribution in [0.1, 0.15) is 34.1 Å². The fourth-order valence-corrected chi connectivity index (χ4v) is 2.88. The highest BCUT2D eigenvalue weighted by molar-refractivity contribution is 5.69. The van der Waals surface area contributed by atoms with Crippen molar-refractivity contribution in [1.82, 2.24) is 4.90 Å². The molecule has 0 unspecified atom stereocenters. The van der Waals surface area contributed by atoms with E-state index in [0.29, 0.717) is 132 Å². The summed E-state index contributed by atoms with van der Waals surface area (Å²) in [5.74, 6) is -0.254. The Morgan fingerprint density at radius 1 is 0.512 bits per heavy atom. The molecule has 0 saturated carbocycles. The van der Waals surface area contributed by atoms with Gasteiger partial charge in [0.15, 0.2) is 0 Å². The van der Waals surface area contributed by atoms with Crippen LogP contribution in [-0.4, -0.2) is 162 Å². The van der Waals surface area contributed by atoms with Crippen LogP contribution in [0.15, 0.2) is 0 Å². The SMILES string of the molecule is CCOC(=O)CCOCCOCCOCCOCCOCCOCCOCCOCCOCCN(C)C(=O)OC(C)(C)C. The van der Waals surface area contributed by atoms with Gasteiger partial charge in [-0.25, -0.2) is 4.79 Å². The molecular formula is C29H57NO13. The largest absolute Gasteiger partial charge is 0.466 e. The smallest absolute Gasteiger partial charge is 0.410 e. The maximum absolute atomic E-state index is 11.8. The van der Waals surface area contributed by atoms with Gasteiger partial charge < -0.3 is 57.0 Å². The monoisotopic (exact) mass is 627 g/mol. The van der Waals surface area contributed by atoms with Gasteiger partial charge in [-0.3, -0.25) is 4.79 Å². The van der Waals surface area contributed by atoms with Crippen molar-refractivity contribution in [2.75, 3.05) is 139 Å². The number of carbonyl (C=O) groups excluding carboxylic acids is 2. The third-order valence-electron chi connectivity index (χ3n) is 5.01. The zero-order valence-electron chi connectivity index (χ0n) is 27.1. The van der Waals surface area contributed by atoms with Crippen LogP contribution in [0.2, 0.25) is 0 Å². The summed E-state index contributed by atoms with van der Waals surface area (Å²) in [5.41, 5.74) is -0.511. The van der Waals surface area contributed by atoms with Crippen molar-refractivity contribution in [2.24, 2.45) is 0 Å². The van der Waals surface area contributed by atoms with Gasteiger partial charge in [0.1, 0.15) is 5.60 Å². The Balaban J connectivity index is 3.17. The molecule has 0 atom stereocenters. The van der Waals surface area contributed by atoms with E-state index in [9.17, 15) is 9.59 Å². The number of nitrogens with zero attached hydrogens (tertiary/aromatic N) is 1. The maximum Gasteiger partial charge on any atom is 0.410 e. The summed E-state index contributed by atoms with van der Waals surface area (Å²) < 4.78 is 58.9. The number of carbonyl (C=O) groups is 2. The van der Waals surface area contributed by atoms with E-state index in [-0.39, 0.29) is 18.5 Å². The Hall–Kier alpha value is -1.62. The zero-order valence-corrected chi connectivity index (χ0v) is 27.1. The summed E-state index contributed by atoms with van der Waals surface area (Å²) in [6, 6.07) is 0. The molecule has 0 aromatic heterocycles. The van der Waals surface area contributed by atoms with Crippen LogP contribution in [-0.2, 0) is 56.9 Å². The van der Waals surface area contributed by atoms with E-state index in [2.05, 4.69) is 0 Å². The lowest BCUT2D eigenvalue weighted by atomic mass is 10.2. The van der Waals surface area contributed by atoms with Gasteiger partial charge in [-0.1, -0.05) is 0 Å². The first-order valence-corrected chi connectivity index (χ1v) is 15.1. The van der Waals surface area contributed by atoms with Crippen LogP contribution in [0, 0.1) is 0 Å². The Kier molecular flexibility index (Phi) is 29.3. The van der Waals surface area contributed by atoms with E-state index >= 15 is 0 Å². The molecule has 0 bridgehead atoms. The number of hydrogen-bond acceptors (Lipinski definition) is 13. The van der Waals surface area contributed by atoms with Crippen molar-refractivity contribution in [1.29, 1.82) is 0 Å². The number of amides is 1. The second-order valence-corrected chi connectivity index (χ2v) is 9.97. The number of hydrogen-bond donors (Lipinski definition) is 0. The predicted octanol–water partition coefficient (Wildman–Crippen LogP) is 1.96. The number of esters is 1. The van der Waals surface area contributed by atoms with E-state index in [0.717, 1.165) is 0 Å². The molecule has 0 aromatic rings. The molecule has 0 N–H and O–H groups in total. The van der Waals surface area contributed by atoms with E-state index in [4.69, 9.17) is 52.1 Å². The maximum atomic E-state index is 11.8. The molecule has 0 rings (SSSR count). The summed E-state index contributed by atoms with van der Waals surface area (Å²) in [5, 5.41) is 0. The van der Waals surface area contributed by atoms with Crippen molar-refractivity contribution in [3.05, 3.63) is 0 Å². The van der Waals surface area contributed by atoms with E-state index in [1.54, 1.807) is 14.0 Å². The topological polar surface area (TPSA) is 139 Å². The molecule has 0 saturated heterocycles. The molecule has 0 aliphatic heterocycles. The number of ether oxygens (including phenoxy) is 11. The molecule has 0 radical (unpaired) electrons. The fraction of sp³-hybridized carbons (Fsp3) is 0.931. The first-order chi connectivity index (χ1) is 20.8. The second kappa shape index (κ2) is 30.4. The molecule has 0 aliphatic rings. The highest BCUT2D eigenvalue weighted by Crippen LogP contribution is 2.08. The summed E-state index contributed by atoms with van der Waals surface area (Å²) in [6.45, 7) is 16.4. The lowest BCUT2D eigenvalue weighted by Crippen LogP contribution is -2.36. The molecule has 256 valence electrons. The minimum atomic E-state index is -0.511. The van der Waals surface area contributed by atoms with Gasteiger partial charge in [0.05, 0.1) is 132 Å². The molecule has 0 aliphatic carbocycles. The van der Waals surface area contributed by atoms with Crippen molar-refractivity contribution in [2.45, 2.75) is 39.7 Å².